The highest BCUT2D eigenvalue weighted by molar-refractivity contribution is 4.31. The van der Waals surface area contributed by atoms with Crippen molar-refractivity contribution in [1.29, 1.82) is 0 Å². The molecule has 0 saturated carbocycles. The quantitative estimate of drug-likeness (QED) is 0.585. The van der Waals surface area contributed by atoms with Crippen LogP contribution in [0.25, 0.3) is 0 Å². The molecule has 0 unspecified atom stereocenters. The Morgan fingerprint density at radius 2 is 1.11 bits per heavy atom. The summed E-state index contributed by atoms with van der Waals surface area (Å²) in [6.07, 6.45) is 5.54. The van der Waals surface area contributed by atoms with E-state index in [1.54, 1.807) is 0 Å². The Hall–Kier alpha value is -0.0400. The average molecular weight is 132 g/mol. The highest BCUT2D eigenvalue weighted by Gasteiger charge is 1.75. The lowest BCUT2D eigenvalue weighted by atomic mass is 10.2. The van der Waals surface area contributed by atoms with Crippen molar-refractivity contribution in [3.8, 4) is 0 Å². The predicted octanol–water partition coefficient (Wildman–Crippen LogP) is 2.52. The molecule has 0 atom stereocenters. The van der Waals surface area contributed by atoms with Crippen molar-refractivity contribution in [1.82, 2.24) is 0 Å². The smallest absolute Gasteiger partial charge is 0.0319 e. The molecular formula is C8H20O. The first-order valence-electron chi connectivity index (χ1n) is 3.36. The Labute approximate surface area is 60.1 Å². The third-order valence-electron chi connectivity index (χ3n) is 0.957. The summed E-state index contributed by atoms with van der Waals surface area (Å²) in [6.45, 7) is 4.46. The summed E-state index contributed by atoms with van der Waals surface area (Å²) >= 11 is 0. The molecule has 0 aromatic carbocycles. The lowest BCUT2D eigenvalue weighted by Crippen LogP contribution is -1.66. The molecule has 0 aliphatic carbocycles. The van der Waals surface area contributed by atoms with E-state index in [9.17, 15) is 0 Å². The molecule has 58 valence electrons. The maximum atomic E-state index is 7.00. The van der Waals surface area contributed by atoms with Gasteiger partial charge in [0.15, 0.2) is 0 Å². The van der Waals surface area contributed by atoms with Crippen molar-refractivity contribution >= 4 is 0 Å². The number of hydrogen-bond donors (Lipinski definition) is 1. The van der Waals surface area contributed by atoms with Crippen LogP contribution >= 0.6 is 0 Å². The van der Waals surface area contributed by atoms with E-state index in [0.717, 1.165) is 7.11 Å². The lowest BCUT2D eigenvalue weighted by Gasteiger charge is -1.86. The van der Waals surface area contributed by atoms with Gasteiger partial charge in [0.2, 0.25) is 0 Å². The SMILES string of the molecule is CCCCCC.CO.[CH2]. The monoisotopic (exact) mass is 132 g/mol. The molecule has 1 nitrogen and oxygen atoms in total. The van der Waals surface area contributed by atoms with Crippen LogP contribution in [-0.4, -0.2) is 12.2 Å². The molecule has 0 aliphatic heterocycles. The number of hydrogen-bond acceptors (Lipinski definition) is 1. The molecule has 0 heterocycles. The van der Waals surface area contributed by atoms with Gasteiger partial charge in [-0.25, -0.2) is 0 Å². The van der Waals surface area contributed by atoms with E-state index in [2.05, 4.69) is 13.8 Å². The summed E-state index contributed by atoms with van der Waals surface area (Å²) in [4.78, 5) is 0. The van der Waals surface area contributed by atoms with Crippen LogP contribution in [0, 0.1) is 7.43 Å². The van der Waals surface area contributed by atoms with Crippen LogP contribution in [0.5, 0.6) is 0 Å². The number of unbranched alkanes of at least 4 members (excludes halogenated alkanes) is 3. The van der Waals surface area contributed by atoms with Crippen LogP contribution in [0.15, 0.2) is 0 Å². The maximum Gasteiger partial charge on any atom is 0.0319 e. The zero-order valence-corrected chi connectivity index (χ0v) is 6.98. The van der Waals surface area contributed by atoms with Gasteiger partial charge in [-0.1, -0.05) is 47.0 Å². The second-order valence-corrected chi connectivity index (χ2v) is 1.71. The summed E-state index contributed by atoms with van der Waals surface area (Å²) in [6, 6.07) is 0. The van der Waals surface area contributed by atoms with E-state index >= 15 is 0 Å². The van der Waals surface area contributed by atoms with Gasteiger partial charge >= 0.3 is 0 Å². The first-order valence-corrected chi connectivity index (χ1v) is 3.36. The Bertz CT molecular complexity index is 16.5. The van der Waals surface area contributed by atoms with Gasteiger partial charge in [-0.3, -0.25) is 0 Å². The van der Waals surface area contributed by atoms with Crippen molar-refractivity contribution in [3.05, 3.63) is 7.43 Å². The fraction of sp³-hybridized carbons (Fsp3) is 0.875. The van der Waals surface area contributed by atoms with Crippen LogP contribution in [0.2, 0.25) is 0 Å². The first-order chi connectivity index (χ1) is 3.91. The average Bonchev–Trinajstić information content (AvgIpc) is 1.88. The zero-order valence-electron chi connectivity index (χ0n) is 6.98. The van der Waals surface area contributed by atoms with E-state index in [1.165, 1.54) is 25.7 Å². The normalized spacial score (nSPS) is 6.67. The largest absolute Gasteiger partial charge is 0.400 e. The topological polar surface area (TPSA) is 20.2 Å². The van der Waals surface area contributed by atoms with Gasteiger partial charge in [0.05, 0.1) is 0 Å². The minimum atomic E-state index is 0. The predicted molar refractivity (Wildman–Crippen MR) is 43.3 cm³/mol. The summed E-state index contributed by atoms with van der Waals surface area (Å²) in [5, 5.41) is 7.00. The Balaban J connectivity index is -0.000000109. The van der Waals surface area contributed by atoms with E-state index in [0.29, 0.717) is 0 Å². The van der Waals surface area contributed by atoms with E-state index in [1.807, 2.05) is 0 Å². The number of aliphatic hydroxyl groups excluding tert-OH is 1. The minimum absolute atomic E-state index is 0. The second-order valence-electron chi connectivity index (χ2n) is 1.71. The van der Waals surface area contributed by atoms with Gasteiger partial charge in [0, 0.05) is 7.11 Å². The van der Waals surface area contributed by atoms with Gasteiger partial charge < -0.3 is 5.11 Å². The molecule has 1 N–H and O–H groups in total. The lowest BCUT2D eigenvalue weighted by molar-refractivity contribution is 0.399. The third kappa shape index (κ3) is 32.3. The molecule has 0 rings (SSSR count). The molecular weight excluding hydrogens is 112 g/mol. The van der Waals surface area contributed by atoms with Gasteiger partial charge in [-0.15, -0.1) is 0 Å². The molecule has 1 heteroatoms. The molecule has 0 saturated heterocycles. The van der Waals surface area contributed by atoms with E-state index in [4.69, 9.17) is 5.11 Å². The maximum absolute atomic E-state index is 7.00. The highest BCUT2D eigenvalue weighted by atomic mass is 16.2. The fourth-order valence-corrected chi connectivity index (χ4v) is 0.500. The van der Waals surface area contributed by atoms with Gasteiger partial charge in [-0.2, -0.15) is 0 Å². The summed E-state index contributed by atoms with van der Waals surface area (Å²) < 4.78 is 0. The van der Waals surface area contributed by atoms with Crippen molar-refractivity contribution in [3.63, 3.8) is 0 Å². The minimum Gasteiger partial charge on any atom is -0.400 e. The van der Waals surface area contributed by atoms with Crippen molar-refractivity contribution in [2.75, 3.05) is 7.11 Å². The number of aliphatic hydroxyl groups is 1. The second kappa shape index (κ2) is 24.6. The summed E-state index contributed by atoms with van der Waals surface area (Å²) in [7, 11) is 1.00. The summed E-state index contributed by atoms with van der Waals surface area (Å²) in [5.41, 5.74) is 0. The standard InChI is InChI=1S/C6H14.CH4O.CH2/c1-3-5-6-4-2;1-2;/h3-6H2,1-2H3;2H,1H3;1H2. The third-order valence-corrected chi connectivity index (χ3v) is 0.957. The molecule has 0 amide bonds. The van der Waals surface area contributed by atoms with Gasteiger partial charge in [0.1, 0.15) is 0 Å². The van der Waals surface area contributed by atoms with E-state index < -0.39 is 0 Å². The van der Waals surface area contributed by atoms with Crippen LogP contribution < -0.4 is 0 Å². The number of rotatable bonds is 3. The van der Waals surface area contributed by atoms with Crippen molar-refractivity contribution in [2.24, 2.45) is 0 Å². The Morgan fingerprint density at radius 1 is 0.889 bits per heavy atom. The molecule has 0 aromatic rings. The molecule has 0 spiro atoms. The molecule has 2 radical (unpaired) electrons. The zero-order chi connectivity index (χ0) is 6.83. The van der Waals surface area contributed by atoms with Gasteiger partial charge in [0.25, 0.3) is 0 Å². The Morgan fingerprint density at radius 3 is 1.22 bits per heavy atom. The molecule has 9 heavy (non-hydrogen) atoms. The van der Waals surface area contributed by atoms with Crippen LogP contribution in [0.4, 0.5) is 0 Å². The van der Waals surface area contributed by atoms with E-state index in [-0.39, 0.29) is 7.43 Å². The fourth-order valence-electron chi connectivity index (χ4n) is 0.500. The molecule has 0 bridgehead atoms. The van der Waals surface area contributed by atoms with Crippen molar-refractivity contribution in [2.45, 2.75) is 39.5 Å². The Kier molecular flexibility index (Phi) is 43.7. The first kappa shape index (κ1) is 16.0. The highest BCUT2D eigenvalue weighted by Crippen LogP contribution is 1.95. The van der Waals surface area contributed by atoms with Crippen LogP contribution in [0.3, 0.4) is 0 Å². The van der Waals surface area contributed by atoms with Crippen LogP contribution in [0.1, 0.15) is 39.5 Å². The van der Waals surface area contributed by atoms with Crippen molar-refractivity contribution < 1.29 is 5.11 Å². The molecule has 0 aliphatic rings. The van der Waals surface area contributed by atoms with Crippen LogP contribution in [-0.2, 0) is 0 Å². The van der Waals surface area contributed by atoms with Gasteiger partial charge in [-0.05, 0) is 0 Å². The summed E-state index contributed by atoms with van der Waals surface area (Å²) in [5.74, 6) is 0. The molecule has 0 aromatic heterocycles. The molecule has 0 fully saturated rings.